The van der Waals surface area contributed by atoms with Crippen LogP contribution in [0.4, 0.5) is 17.6 Å². The largest absolute Gasteiger partial charge is 0.472 e. The van der Waals surface area contributed by atoms with Crippen LogP contribution < -0.4 is 4.74 Å². The Bertz CT molecular complexity index is 869. The number of methoxy groups -OCH3 is 1. The Morgan fingerprint density at radius 2 is 1.96 bits per heavy atom. The molecule has 0 fully saturated rings. The minimum absolute atomic E-state index is 0.0148. The Labute approximate surface area is 138 Å². The third kappa shape index (κ3) is 3.50. The molecule has 3 aromatic rings. The van der Waals surface area contributed by atoms with Crippen molar-refractivity contribution in [3.05, 3.63) is 36.5 Å². The number of ether oxygens (including phenoxy) is 2. The fourth-order valence-corrected chi connectivity index (χ4v) is 2.01. The van der Waals surface area contributed by atoms with Crippen LogP contribution in [0.3, 0.4) is 0 Å². The van der Waals surface area contributed by atoms with Gasteiger partial charge in [0.15, 0.2) is 12.3 Å². The lowest BCUT2D eigenvalue weighted by molar-refractivity contribution is -0.237. The highest BCUT2D eigenvalue weighted by atomic mass is 19.3. The van der Waals surface area contributed by atoms with Gasteiger partial charge in [-0.1, -0.05) is 0 Å². The zero-order valence-electron chi connectivity index (χ0n) is 12.7. The van der Waals surface area contributed by atoms with Crippen molar-refractivity contribution >= 4 is 5.65 Å². The molecular formula is C14H11F4N5O2. The van der Waals surface area contributed by atoms with Gasteiger partial charge in [0.1, 0.15) is 0 Å². The van der Waals surface area contributed by atoms with Crippen molar-refractivity contribution in [1.82, 2.24) is 24.6 Å². The summed E-state index contributed by atoms with van der Waals surface area (Å²) in [7, 11) is 0.852. The molecule has 25 heavy (non-hydrogen) atoms. The molecule has 11 heteroatoms. The maximum Gasteiger partial charge on any atom is 0.417 e. The number of hydrogen-bond donors (Lipinski definition) is 0. The highest BCUT2D eigenvalue weighted by Crippen LogP contribution is 2.28. The van der Waals surface area contributed by atoms with E-state index in [1.165, 1.54) is 30.7 Å². The number of halogens is 4. The molecule has 0 saturated carbocycles. The van der Waals surface area contributed by atoms with Crippen molar-refractivity contribution in [3.8, 4) is 17.1 Å². The first-order valence-electron chi connectivity index (χ1n) is 6.92. The third-order valence-corrected chi connectivity index (χ3v) is 3.20. The van der Waals surface area contributed by atoms with Crippen molar-refractivity contribution in [1.29, 1.82) is 0 Å². The SMILES string of the molecule is COC(F)(F)c1nnc2cnc(-c3ccc(OCC(F)F)nc3)cn12. The predicted octanol–water partition coefficient (Wildman–Crippen LogP) is 2.53. The quantitative estimate of drug-likeness (QED) is 0.631. The summed E-state index contributed by atoms with van der Waals surface area (Å²) in [5.74, 6) is -0.681. The molecule has 7 nitrogen and oxygen atoms in total. The highest BCUT2D eigenvalue weighted by molar-refractivity contribution is 5.59. The first-order valence-corrected chi connectivity index (χ1v) is 6.92. The number of pyridine rings is 1. The summed E-state index contributed by atoms with van der Waals surface area (Å²) in [6, 6.07) is 2.89. The molecular weight excluding hydrogens is 346 g/mol. The number of hydrogen-bond acceptors (Lipinski definition) is 6. The Morgan fingerprint density at radius 1 is 1.16 bits per heavy atom. The smallest absolute Gasteiger partial charge is 0.417 e. The average Bonchev–Trinajstić information content (AvgIpc) is 3.04. The molecule has 0 N–H and O–H groups in total. The van der Waals surface area contributed by atoms with Gasteiger partial charge in [0.05, 0.1) is 11.9 Å². The summed E-state index contributed by atoms with van der Waals surface area (Å²) in [5.41, 5.74) is 0.875. The zero-order valence-corrected chi connectivity index (χ0v) is 12.7. The van der Waals surface area contributed by atoms with E-state index in [1.807, 2.05) is 0 Å². The van der Waals surface area contributed by atoms with Gasteiger partial charge >= 0.3 is 6.11 Å². The maximum absolute atomic E-state index is 13.7. The second kappa shape index (κ2) is 6.59. The zero-order chi connectivity index (χ0) is 18.0. The van der Waals surface area contributed by atoms with E-state index in [-0.39, 0.29) is 11.5 Å². The normalized spacial score (nSPS) is 12.1. The van der Waals surface area contributed by atoms with Crippen LogP contribution >= 0.6 is 0 Å². The molecule has 3 aromatic heterocycles. The van der Waals surface area contributed by atoms with E-state index in [9.17, 15) is 17.6 Å². The summed E-state index contributed by atoms with van der Waals surface area (Å²) in [5, 5.41) is 7.03. The number of nitrogens with zero attached hydrogens (tertiary/aromatic N) is 5. The van der Waals surface area contributed by atoms with Crippen molar-refractivity contribution in [3.63, 3.8) is 0 Å². The van der Waals surface area contributed by atoms with Gasteiger partial charge < -0.3 is 9.47 Å². The van der Waals surface area contributed by atoms with Crippen LogP contribution in [0, 0.1) is 0 Å². The first-order chi connectivity index (χ1) is 11.9. The van der Waals surface area contributed by atoms with Crippen LogP contribution in [0.1, 0.15) is 5.82 Å². The number of rotatable bonds is 6. The lowest BCUT2D eigenvalue weighted by atomic mass is 10.2. The number of alkyl halides is 4. The minimum atomic E-state index is -3.62. The molecule has 0 atom stereocenters. The van der Waals surface area contributed by atoms with Crippen LogP contribution in [0.25, 0.3) is 16.9 Å². The van der Waals surface area contributed by atoms with Crippen molar-refractivity contribution in [2.45, 2.75) is 12.5 Å². The molecule has 0 aliphatic carbocycles. The van der Waals surface area contributed by atoms with E-state index in [2.05, 4.69) is 24.9 Å². The van der Waals surface area contributed by atoms with Gasteiger partial charge in [0, 0.05) is 31.1 Å². The summed E-state index contributed by atoms with van der Waals surface area (Å²) < 4.78 is 61.6. The molecule has 0 saturated heterocycles. The van der Waals surface area contributed by atoms with Crippen LogP contribution in [0.5, 0.6) is 5.88 Å². The van der Waals surface area contributed by atoms with Crippen LogP contribution in [-0.2, 0) is 10.8 Å². The van der Waals surface area contributed by atoms with Crippen molar-refractivity contribution in [2.75, 3.05) is 13.7 Å². The van der Waals surface area contributed by atoms with Crippen molar-refractivity contribution < 1.29 is 27.0 Å². The molecule has 0 aliphatic rings. The van der Waals surface area contributed by atoms with Gasteiger partial charge in [-0.05, 0) is 6.07 Å². The molecule has 132 valence electrons. The first kappa shape index (κ1) is 17.0. The molecule has 0 unspecified atom stereocenters. The predicted molar refractivity (Wildman–Crippen MR) is 76.4 cm³/mol. The molecule has 0 bridgehead atoms. The van der Waals surface area contributed by atoms with E-state index in [4.69, 9.17) is 4.74 Å². The van der Waals surface area contributed by atoms with Gasteiger partial charge in [-0.2, -0.15) is 8.78 Å². The van der Waals surface area contributed by atoms with Crippen molar-refractivity contribution in [2.24, 2.45) is 0 Å². The van der Waals surface area contributed by atoms with Gasteiger partial charge in [-0.15, -0.1) is 10.2 Å². The average molecular weight is 357 g/mol. The lowest BCUT2D eigenvalue weighted by Gasteiger charge is -2.11. The Kier molecular flexibility index (Phi) is 4.49. The van der Waals surface area contributed by atoms with Gasteiger partial charge in [0.2, 0.25) is 11.7 Å². The highest BCUT2D eigenvalue weighted by Gasteiger charge is 2.37. The fourth-order valence-electron chi connectivity index (χ4n) is 2.01. The molecule has 0 spiro atoms. The second-order valence-electron chi connectivity index (χ2n) is 4.83. The van der Waals surface area contributed by atoms with Gasteiger partial charge in [0.25, 0.3) is 6.43 Å². The summed E-state index contributed by atoms with van der Waals surface area (Å²) in [6.45, 7) is -0.771. The summed E-state index contributed by atoms with van der Waals surface area (Å²) in [6.07, 6.45) is -2.34. The minimum Gasteiger partial charge on any atom is -0.472 e. The molecule has 0 aliphatic heterocycles. The van der Waals surface area contributed by atoms with Gasteiger partial charge in [-0.25, -0.2) is 13.8 Å². The monoisotopic (exact) mass is 357 g/mol. The Hall–Kier alpha value is -2.82. The number of aromatic nitrogens is 5. The van der Waals surface area contributed by atoms with Crippen LogP contribution in [0.15, 0.2) is 30.7 Å². The fraction of sp³-hybridized carbons (Fsp3) is 0.286. The third-order valence-electron chi connectivity index (χ3n) is 3.20. The molecule has 0 radical (unpaired) electrons. The van der Waals surface area contributed by atoms with E-state index in [0.717, 1.165) is 11.5 Å². The standard InChI is InChI=1S/C14H11F4N5O2/c1-24-14(17,18)13-22-21-11-5-19-9(6-23(11)13)8-2-3-12(20-4-8)25-7-10(15)16/h2-6,10H,7H2,1H3. The molecule has 3 rings (SSSR count). The van der Waals surface area contributed by atoms with E-state index in [1.54, 1.807) is 0 Å². The molecule has 0 aromatic carbocycles. The molecule has 3 heterocycles. The maximum atomic E-state index is 13.7. The van der Waals surface area contributed by atoms with Gasteiger partial charge in [-0.3, -0.25) is 9.38 Å². The second-order valence-corrected chi connectivity index (χ2v) is 4.83. The summed E-state index contributed by atoms with van der Waals surface area (Å²) in [4.78, 5) is 7.97. The summed E-state index contributed by atoms with van der Waals surface area (Å²) >= 11 is 0. The Balaban J connectivity index is 1.92. The lowest BCUT2D eigenvalue weighted by Crippen LogP contribution is -2.19. The van der Waals surface area contributed by atoms with Crippen LogP contribution in [-0.4, -0.2) is 44.7 Å². The van der Waals surface area contributed by atoms with E-state index in [0.29, 0.717) is 11.3 Å². The molecule has 0 amide bonds. The van der Waals surface area contributed by atoms with E-state index >= 15 is 0 Å². The topological polar surface area (TPSA) is 74.4 Å². The number of fused-ring (bicyclic) bond motifs is 1. The van der Waals surface area contributed by atoms with Crippen LogP contribution in [0.2, 0.25) is 0 Å². The van der Waals surface area contributed by atoms with E-state index < -0.39 is 25.0 Å². The Morgan fingerprint density at radius 3 is 2.60 bits per heavy atom.